The molecule has 0 aliphatic carbocycles. The fraction of sp³-hybridized carbons (Fsp3) is 0.100. The lowest BCUT2D eigenvalue weighted by Gasteiger charge is -2.11. The first-order valence-electron chi connectivity index (χ1n) is 8.29. The maximum Gasteiger partial charge on any atom is 0.333 e. The number of benzene rings is 2. The summed E-state index contributed by atoms with van der Waals surface area (Å²) in [4.78, 5) is 26.2. The summed E-state index contributed by atoms with van der Waals surface area (Å²) in [6.07, 6.45) is 3.71. The van der Waals surface area contributed by atoms with Crippen LogP contribution in [-0.4, -0.2) is 16.5 Å². The van der Waals surface area contributed by atoms with E-state index in [1.54, 1.807) is 30.3 Å². The normalized spacial score (nSPS) is 15.9. The molecule has 130 valence electrons. The van der Waals surface area contributed by atoms with E-state index >= 15 is 0 Å². The number of imide groups is 1. The largest absolute Gasteiger partial charge is 0.347 e. The molecule has 1 aromatic heterocycles. The van der Waals surface area contributed by atoms with Gasteiger partial charge in [-0.3, -0.25) is 4.79 Å². The molecule has 1 aliphatic heterocycles. The summed E-state index contributed by atoms with van der Waals surface area (Å²) in [6.45, 7) is 2.88. The summed E-state index contributed by atoms with van der Waals surface area (Å²) in [5.74, 6) is -0.384. The fourth-order valence-electron chi connectivity index (χ4n) is 3.17. The third-order valence-electron chi connectivity index (χ3n) is 4.42. The van der Waals surface area contributed by atoms with Gasteiger partial charge in [0.05, 0.1) is 5.69 Å². The number of hydrogen-bond acceptors (Lipinski definition) is 2. The number of fused-ring (bicyclic) bond motifs is 1. The SMILES string of the molecule is CCn1cc(/C=C2/NC(=O)N(c3ccc(Cl)cc3)C2=O)c2ccccc21. The van der Waals surface area contributed by atoms with E-state index in [1.165, 1.54) is 0 Å². The number of nitrogens with zero attached hydrogens (tertiary/aromatic N) is 2. The van der Waals surface area contributed by atoms with Crippen molar-refractivity contribution >= 4 is 46.2 Å². The van der Waals surface area contributed by atoms with E-state index in [0.717, 1.165) is 27.9 Å². The number of amides is 3. The molecule has 3 amide bonds. The lowest BCUT2D eigenvalue weighted by Crippen LogP contribution is -2.30. The van der Waals surface area contributed by atoms with Crippen molar-refractivity contribution in [3.63, 3.8) is 0 Å². The van der Waals surface area contributed by atoms with Crippen LogP contribution in [0.25, 0.3) is 17.0 Å². The lowest BCUT2D eigenvalue weighted by atomic mass is 10.1. The highest BCUT2D eigenvalue weighted by Gasteiger charge is 2.35. The van der Waals surface area contributed by atoms with Crippen LogP contribution in [0.15, 0.2) is 60.4 Å². The zero-order valence-corrected chi connectivity index (χ0v) is 14.8. The maximum absolute atomic E-state index is 12.8. The molecule has 26 heavy (non-hydrogen) atoms. The van der Waals surface area contributed by atoms with Gasteiger partial charge in [0.2, 0.25) is 0 Å². The Morgan fingerprint density at radius 3 is 2.54 bits per heavy atom. The van der Waals surface area contributed by atoms with Crippen molar-refractivity contribution < 1.29 is 9.59 Å². The predicted octanol–water partition coefficient (Wildman–Crippen LogP) is 4.41. The quantitative estimate of drug-likeness (QED) is 0.552. The highest BCUT2D eigenvalue weighted by Crippen LogP contribution is 2.27. The number of anilines is 1. The van der Waals surface area contributed by atoms with Gasteiger partial charge in [0.25, 0.3) is 5.91 Å². The number of aromatic nitrogens is 1. The molecule has 2 aromatic carbocycles. The molecule has 0 unspecified atom stereocenters. The molecule has 0 spiro atoms. The molecule has 0 bridgehead atoms. The molecule has 1 saturated heterocycles. The maximum atomic E-state index is 12.8. The number of carbonyl (C=O) groups is 2. The number of nitrogens with one attached hydrogen (secondary N) is 1. The van der Waals surface area contributed by atoms with Gasteiger partial charge >= 0.3 is 6.03 Å². The van der Waals surface area contributed by atoms with Crippen molar-refractivity contribution in [3.8, 4) is 0 Å². The molecule has 6 heteroatoms. The number of urea groups is 1. The molecular weight excluding hydrogens is 350 g/mol. The topological polar surface area (TPSA) is 54.3 Å². The Labute approximate surface area is 155 Å². The van der Waals surface area contributed by atoms with Crippen molar-refractivity contribution in [3.05, 3.63) is 71.0 Å². The molecule has 4 rings (SSSR count). The first-order valence-corrected chi connectivity index (χ1v) is 8.67. The number of halogens is 1. The van der Waals surface area contributed by atoms with Crippen LogP contribution in [0.5, 0.6) is 0 Å². The van der Waals surface area contributed by atoms with Gasteiger partial charge in [0, 0.05) is 34.2 Å². The third kappa shape index (κ3) is 2.66. The van der Waals surface area contributed by atoms with Gasteiger partial charge < -0.3 is 9.88 Å². The average molecular weight is 366 g/mol. The highest BCUT2D eigenvalue weighted by molar-refractivity contribution is 6.31. The van der Waals surface area contributed by atoms with E-state index in [2.05, 4.69) is 16.8 Å². The van der Waals surface area contributed by atoms with Crippen LogP contribution in [0, 0.1) is 0 Å². The number of aryl methyl sites for hydroxylation is 1. The highest BCUT2D eigenvalue weighted by atomic mass is 35.5. The molecule has 2 heterocycles. The molecule has 3 aromatic rings. The second-order valence-corrected chi connectivity index (χ2v) is 6.43. The zero-order chi connectivity index (χ0) is 18.3. The predicted molar refractivity (Wildman–Crippen MR) is 103 cm³/mol. The average Bonchev–Trinajstić information content (AvgIpc) is 3.14. The van der Waals surface area contributed by atoms with Gasteiger partial charge in [0.1, 0.15) is 5.70 Å². The Kier molecular flexibility index (Phi) is 4.01. The van der Waals surface area contributed by atoms with Crippen molar-refractivity contribution in [1.29, 1.82) is 0 Å². The first kappa shape index (κ1) is 16.4. The third-order valence-corrected chi connectivity index (χ3v) is 4.67. The summed E-state index contributed by atoms with van der Waals surface area (Å²) >= 11 is 5.88. The molecule has 0 radical (unpaired) electrons. The van der Waals surface area contributed by atoms with Gasteiger partial charge in [-0.25, -0.2) is 9.69 Å². The molecule has 0 saturated carbocycles. The van der Waals surface area contributed by atoms with Crippen LogP contribution >= 0.6 is 11.6 Å². The van der Waals surface area contributed by atoms with E-state index in [-0.39, 0.29) is 11.6 Å². The number of carbonyl (C=O) groups excluding carboxylic acids is 2. The smallest absolute Gasteiger partial charge is 0.333 e. The number of hydrogen-bond donors (Lipinski definition) is 1. The van der Waals surface area contributed by atoms with Crippen LogP contribution in [0.1, 0.15) is 12.5 Å². The van der Waals surface area contributed by atoms with E-state index in [0.29, 0.717) is 10.7 Å². The second-order valence-electron chi connectivity index (χ2n) is 5.99. The number of rotatable bonds is 3. The molecular formula is C20H16ClN3O2. The minimum atomic E-state index is -0.470. The van der Waals surface area contributed by atoms with Gasteiger partial charge in [-0.05, 0) is 43.3 Å². The molecule has 1 fully saturated rings. The Morgan fingerprint density at radius 1 is 1.08 bits per heavy atom. The van der Waals surface area contributed by atoms with Crippen LogP contribution in [0.3, 0.4) is 0 Å². The molecule has 1 aliphatic rings. The van der Waals surface area contributed by atoms with E-state index < -0.39 is 6.03 Å². The summed E-state index contributed by atoms with van der Waals surface area (Å²) in [5, 5.41) is 4.24. The zero-order valence-electron chi connectivity index (χ0n) is 14.1. The summed E-state index contributed by atoms with van der Waals surface area (Å²) in [7, 11) is 0. The fourth-order valence-corrected chi connectivity index (χ4v) is 3.29. The molecule has 5 nitrogen and oxygen atoms in total. The van der Waals surface area contributed by atoms with Crippen molar-refractivity contribution in [2.45, 2.75) is 13.5 Å². The van der Waals surface area contributed by atoms with Crippen LogP contribution < -0.4 is 10.2 Å². The van der Waals surface area contributed by atoms with Gasteiger partial charge in [-0.15, -0.1) is 0 Å². The number of para-hydroxylation sites is 1. The van der Waals surface area contributed by atoms with Crippen LogP contribution in [0.4, 0.5) is 10.5 Å². The minimum Gasteiger partial charge on any atom is -0.347 e. The summed E-state index contributed by atoms with van der Waals surface area (Å²) in [6, 6.07) is 14.1. The van der Waals surface area contributed by atoms with Crippen molar-refractivity contribution in [1.82, 2.24) is 9.88 Å². The van der Waals surface area contributed by atoms with Crippen molar-refractivity contribution in [2.75, 3.05) is 4.90 Å². The second kappa shape index (κ2) is 6.35. The Morgan fingerprint density at radius 2 is 1.81 bits per heavy atom. The summed E-state index contributed by atoms with van der Waals surface area (Å²) < 4.78 is 2.11. The van der Waals surface area contributed by atoms with Crippen LogP contribution in [-0.2, 0) is 11.3 Å². The monoisotopic (exact) mass is 365 g/mol. The Bertz CT molecular complexity index is 1050. The Balaban J connectivity index is 1.74. The van der Waals surface area contributed by atoms with Gasteiger partial charge in [-0.1, -0.05) is 29.8 Å². The molecule has 0 atom stereocenters. The van der Waals surface area contributed by atoms with E-state index in [4.69, 9.17) is 11.6 Å². The summed E-state index contributed by atoms with van der Waals surface area (Å²) in [5.41, 5.74) is 2.72. The lowest BCUT2D eigenvalue weighted by molar-refractivity contribution is -0.113. The van der Waals surface area contributed by atoms with E-state index in [1.807, 2.05) is 30.5 Å². The van der Waals surface area contributed by atoms with Gasteiger partial charge in [-0.2, -0.15) is 0 Å². The molecule has 1 N–H and O–H groups in total. The Hall–Kier alpha value is -3.05. The van der Waals surface area contributed by atoms with Crippen molar-refractivity contribution in [2.24, 2.45) is 0 Å². The van der Waals surface area contributed by atoms with Gasteiger partial charge in [0.15, 0.2) is 0 Å². The minimum absolute atomic E-state index is 0.254. The van der Waals surface area contributed by atoms with E-state index in [9.17, 15) is 9.59 Å². The standard InChI is InChI=1S/C20H16ClN3O2/c1-2-23-12-13(16-5-3-4-6-18(16)23)11-17-19(25)24(20(26)22-17)15-9-7-14(21)8-10-15/h3-12H,2H2,1H3,(H,22,26)/b17-11+. The van der Waals surface area contributed by atoms with Crippen LogP contribution in [0.2, 0.25) is 5.02 Å². The first-order chi connectivity index (χ1) is 12.6.